The Bertz CT molecular complexity index is 651. The molecule has 1 aliphatic rings. The highest BCUT2D eigenvalue weighted by Crippen LogP contribution is 2.24. The average molecular weight is 322 g/mol. The number of anilines is 1. The molecule has 1 saturated heterocycles. The van der Waals surface area contributed by atoms with Crippen LogP contribution in [0.5, 0.6) is 0 Å². The highest BCUT2D eigenvalue weighted by Gasteiger charge is 2.22. The van der Waals surface area contributed by atoms with Gasteiger partial charge in [-0.25, -0.2) is 0 Å². The Hall–Kier alpha value is -2.13. The fraction of sp³-hybridized carbons (Fsp3) is 0.381. The summed E-state index contributed by atoms with van der Waals surface area (Å²) in [6, 6.07) is 18.6. The number of carbonyl (C=O) groups excluding carboxylic acids is 1. The van der Waals surface area contributed by atoms with Gasteiger partial charge in [-0.1, -0.05) is 37.3 Å². The van der Waals surface area contributed by atoms with Crippen LogP contribution in [0, 0.1) is 5.92 Å². The van der Waals surface area contributed by atoms with Crippen molar-refractivity contribution in [3.8, 4) is 0 Å². The van der Waals surface area contributed by atoms with Gasteiger partial charge in [-0.2, -0.15) is 0 Å². The highest BCUT2D eigenvalue weighted by atomic mass is 16.1. The van der Waals surface area contributed by atoms with Crippen LogP contribution in [0.25, 0.3) is 0 Å². The van der Waals surface area contributed by atoms with Gasteiger partial charge in [0, 0.05) is 43.9 Å². The number of hydrogen-bond donors (Lipinski definition) is 1. The lowest BCUT2D eigenvalue weighted by Gasteiger charge is -2.19. The molecule has 3 heteroatoms. The zero-order valence-corrected chi connectivity index (χ0v) is 14.4. The molecule has 0 aliphatic carbocycles. The molecule has 1 fully saturated rings. The quantitative estimate of drug-likeness (QED) is 0.785. The number of ketones is 1. The maximum absolute atomic E-state index is 11.7. The lowest BCUT2D eigenvalue weighted by Crippen LogP contribution is -2.26. The molecule has 0 saturated carbocycles. The van der Waals surface area contributed by atoms with E-state index in [-0.39, 0.29) is 5.78 Å². The number of nitrogens with zero attached hydrogens (tertiary/aromatic N) is 1. The minimum absolute atomic E-state index is 0.214. The second-order valence-corrected chi connectivity index (χ2v) is 6.54. The van der Waals surface area contributed by atoms with Crippen molar-refractivity contribution in [2.45, 2.75) is 26.3 Å². The van der Waals surface area contributed by atoms with Gasteiger partial charge in [-0.3, -0.25) is 4.79 Å². The van der Waals surface area contributed by atoms with E-state index < -0.39 is 0 Å². The molecule has 2 aromatic rings. The predicted octanol–water partition coefficient (Wildman–Crippen LogP) is 3.90. The van der Waals surface area contributed by atoms with Crippen molar-refractivity contribution in [3.05, 3.63) is 65.7 Å². The molecule has 3 nitrogen and oxygen atoms in total. The number of benzene rings is 2. The number of nitrogens with one attached hydrogen (secondary N) is 1. The largest absolute Gasteiger partial charge is 0.371 e. The summed E-state index contributed by atoms with van der Waals surface area (Å²) in [5.41, 5.74) is 3.39. The fourth-order valence-electron chi connectivity index (χ4n) is 3.31. The highest BCUT2D eigenvalue weighted by molar-refractivity contribution is 5.96. The lowest BCUT2D eigenvalue weighted by molar-refractivity contribution is 0.0988. The van der Waals surface area contributed by atoms with Gasteiger partial charge in [-0.15, -0.1) is 0 Å². The van der Waals surface area contributed by atoms with Crippen molar-refractivity contribution < 1.29 is 4.79 Å². The number of carbonyl (C=O) groups is 1. The topological polar surface area (TPSA) is 32.3 Å². The average Bonchev–Trinajstić information content (AvgIpc) is 3.11. The van der Waals surface area contributed by atoms with E-state index >= 15 is 0 Å². The first-order valence-electron chi connectivity index (χ1n) is 8.89. The van der Waals surface area contributed by atoms with Gasteiger partial charge in [0.15, 0.2) is 5.78 Å². The van der Waals surface area contributed by atoms with Gasteiger partial charge in [0.25, 0.3) is 0 Å². The Morgan fingerprint density at radius 2 is 1.88 bits per heavy atom. The molecular weight excluding hydrogens is 296 g/mol. The maximum atomic E-state index is 11.7. The Morgan fingerprint density at radius 1 is 1.12 bits per heavy atom. The summed E-state index contributed by atoms with van der Waals surface area (Å²) < 4.78 is 0. The first-order chi connectivity index (χ1) is 11.8. The molecule has 1 aliphatic heterocycles. The third-order valence-electron chi connectivity index (χ3n) is 4.77. The third kappa shape index (κ3) is 4.24. The van der Waals surface area contributed by atoms with E-state index in [0.717, 1.165) is 31.7 Å². The fourth-order valence-corrected chi connectivity index (χ4v) is 3.31. The number of hydrogen-bond acceptors (Lipinski definition) is 3. The van der Waals surface area contributed by atoms with Crippen LogP contribution in [0.3, 0.4) is 0 Å². The molecule has 1 N–H and O–H groups in total. The smallest absolute Gasteiger partial charge is 0.162 e. The van der Waals surface area contributed by atoms with Gasteiger partial charge < -0.3 is 10.2 Å². The molecule has 126 valence electrons. The van der Waals surface area contributed by atoms with Crippen LogP contribution in [-0.4, -0.2) is 25.4 Å². The van der Waals surface area contributed by atoms with Gasteiger partial charge in [0.05, 0.1) is 0 Å². The van der Waals surface area contributed by atoms with Crippen molar-refractivity contribution in [2.75, 3.05) is 24.5 Å². The Morgan fingerprint density at radius 3 is 2.58 bits per heavy atom. The molecule has 0 unspecified atom stereocenters. The zero-order valence-electron chi connectivity index (χ0n) is 14.4. The predicted molar refractivity (Wildman–Crippen MR) is 99.5 cm³/mol. The minimum atomic E-state index is 0.214. The van der Waals surface area contributed by atoms with E-state index in [1.165, 1.54) is 17.7 Å². The molecule has 0 amide bonds. The van der Waals surface area contributed by atoms with Gasteiger partial charge in [0.2, 0.25) is 0 Å². The second kappa shape index (κ2) is 8.11. The van der Waals surface area contributed by atoms with Crippen molar-refractivity contribution in [1.29, 1.82) is 0 Å². The first kappa shape index (κ1) is 16.7. The van der Waals surface area contributed by atoms with E-state index in [4.69, 9.17) is 0 Å². The number of Topliss-reactive ketones (excluding diaryl/α,β-unsaturated/α-hetero) is 1. The van der Waals surface area contributed by atoms with Crippen LogP contribution in [0.2, 0.25) is 0 Å². The summed E-state index contributed by atoms with van der Waals surface area (Å²) in [7, 11) is 0. The van der Waals surface area contributed by atoms with Gasteiger partial charge in [0.1, 0.15) is 0 Å². The van der Waals surface area contributed by atoms with Crippen LogP contribution < -0.4 is 10.2 Å². The van der Waals surface area contributed by atoms with E-state index in [0.29, 0.717) is 12.3 Å². The van der Waals surface area contributed by atoms with Crippen molar-refractivity contribution in [1.82, 2.24) is 5.32 Å². The van der Waals surface area contributed by atoms with Crippen LogP contribution in [-0.2, 0) is 6.54 Å². The number of rotatable bonds is 7. The summed E-state index contributed by atoms with van der Waals surface area (Å²) in [6.45, 7) is 6.08. The Kier molecular flexibility index (Phi) is 5.65. The van der Waals surface area contributed by atoms with E-state index in [1.807, 2.05) is 19.1 Å². The summed E-state index contributed by atoms with van der Waals surface area (Å²) in [6.07, 6.45) is 1.79. The summed E-state index contributed by atoms with van der Waals surface area (Å²) >= 11 is 0. The van der Waals surface area contributed by atoms with Crippen molar-refractivity contribution in [2.24, 2.45) is 5.92 Å². The molecular formula is C21H26N2O. The molecule has 3 rings (SSSR count). The summed E-state index contributed by atoms with van der Waals surface area (Å²) in [4.78, 5) is 14.1. The molecule has 1 atom stereocenters. The van der Waals surface area contributed by atoms with E-state index in [1.54, 1.807) is 0 Å². The molecule has 1 heterocycles. The standard InChI is InChI=1S/C21H26N2O/c1-2-21(24)19-8-10-20(11-9-19)23-13-12-18(16-23)15-22-14-17-6-4-3-5-7-17/h3-11,18,22H,2,12-16H2,1H3/t18-/m0/s1. The van der Waals surface area contributed by atoms with Gasteiger partial charge in [-0.05, 0) is 42.2 Å². The maximum Gasteiger partial charge on any atom is 0.162 e. The van der Waals surface area contributed by atoms with E-state index in [9.17, 15) is 4.79 Å². The SMILES string of the molecule is CCC(=O)c1ccc(N2CC[C@@H](CNCc3ccccc3)C2)cc1. The molecule has 2 aromatic carbocycles. The molecule has 24 heavy (non-hydrogen) atoms. The molecule has 0 bridgehead atoms. The first-order valence-corrected chi connectivity index (χ1v) is 8.89. The minimum Gasteiger partial charge on any atom is -0.371 e. The van der Waals surface area contributed by atoms with Crippen molar-refractivity contribution in [3.63, 3.8) is 0 Å². The van der Waals surface area contributed by atoms with Crippen LogP contribution in [0.15, 0.2) is 54.6 Å². The lowest BCUT2D eigenvalue weighted by atomic mass is 10.1. The Labute approximate surface area is 144 Å². The normalized spacial score (nSPS) is 17.2. The summed E-state index contributed by atoms with van der Waals surface area (Å²) in [5, 5.41) is 3.58. The Balaban J connectivity index is 1.47. The molecule has 0 spiro atoms. The van der Waals surface area contributed by atoms with Crippen LogP contribution in [0.1, 0.15) is 35.7 Å². The van der Waals surface area contributed by atoms with Crippen LogP contribution >= 0.6 is 0 Å². The zero-order chi connectivity index (χ0) is 16.8. The second-order valence-electron chi connectivity index (χ2n) is 6.54. The van der Waals surface area contributed by atoms with Crippen LogP contribution in [0.4, 0.5) is 5.69 Å². The third-order valence-corrected chi connectivity index (χ3v) is 4.77. The molecule has 0 radical (unpaired) electrons. The van der Waals surface area contributed by atoms with Gasteiger partial charge >= 0.3 is 0 Å². The molecule has 0 aromatic heterocycles. The van der Waals surface area contributed by atoms with E-state index in [2.05, 4.69) is 52.7 Å². The summed E-state index contributed by atoms with van der Waals surface area (Å²) in [5.74, 6) is 0.900. The monoisotopic (exact) mass is 322 g/mol. The van der Waals surface area contributed by atoms with Crippen molar-refractivity contribution >= 4 is 11.5 Å².